The summed E-state index contributed by atoms with van der Waals surface area (Å²) in [5.41, 5.74) is 0. The minimum atomic E-state index is -1.53. The Morgan fingerprint density at radius 3 is 1.02 bits per heavy atom. The van der Waals surface area contributed by atoms with Gasteiger partial charge >= 0.3 is 17.9 Å². The molecule has 0 spiro atoms. The zero-order valence-corrected chi connectivity index (χ0v) is 54.1. The first-order valence-corrected chi connectivity index (χ1v) is 33.7. The number of aliphatic carboxylic acids is 1. The average molecular weight is 1160 g/mol. The van der Waals surface area contributed by atoms with Crippen LogP contribution in [0.15, 0.2) is 122 Å². The fraction of sp³-hybridized carbons (Fsp3) is 0.689. The number of carbonyl (C=O) groups excluding carboxylic acids is 2. The second kappa shape index (κ2) is 63.7. The van der Waals surface area contributed by atoms with E-state index < -0.39 is 24.3 Å². The Hall–Kier alpha value is -4.31. The van der Waals surface area contributed by atoms with Gasteiger partial charge in [-0.3, -0.25) is 9.59 Å². The van der Waals surface area contributed by atoms with Crippen LogP contribution in [0.2, 0.25) is 0 Å². The maximum atomic E-state index is 12.9. The molecule has 0 saturated carbocycles. The minimum absolute atomic E-state index is 0.174. The lowest BCUT2D eigenvalue weighted by Crippen LogP contribution is -2.40. The number of likely N-dealkylation sites (N-methyl/N-ethyl adjacent to an activating group) is 1. The van der Waals surface area contributed by atoms with Gasteiger partial charge in [0.1, 0.15) is 13.2 Å². The number of carboxylic acid groups (broad SMARTS) is 1. The molecule has 0 heterocycles. The third kappa shape index (κ3) is 65.1. The van der Waals surface area contributed by atoms with Crippen molar-refractivity contribution in [2.24, 2.45) is 0 Å². The molecule has 1 N–H and O–H groups in total. The Bertz CT molecular complexity index is 1780. The van der Waals surface area contributed by atoms with Crippen LogP contribution in [-0.4, -0.2) is 87.4 Å². The summed E-state index contributed by atoms with van der Waals surface area (Å²) >= 11 is 0. The topological polar surface area (TPSA) is 108 Å². The molecule has 0 rings (SSSR count). The van der Waals surface area contributed by atoms with E-state index in [1.54, 1.807) is 0 Å². The fourth-order valence-corrected chi connectivity index (χ4v) is 9.10. The highest BCUT2D eigenvalue weighted by molar-refractivity contribution is 5.71. The summed E-state index contributed by atoms with van der Waals surface area (Å²) < 4.78 is 22.9. The molecule has 474 valence electrons. The average Bonchev–Trinajstić information content (AvgIpc) is 3.46. The Kier molecular flexibility index (Phi) is 60.4. The monoisotopic (exact) mass is 1160 g/mol. The van der Waals surface area contributed by atoms with E-state index in [4.69, 9.17) is 18.9 Å². The number of quaternary nitrogens is 1. The predicted molar refractivity (Wildman–Crippen MR) is 354 cm³/mol. The van der Waals surface area contributed by atoms with Crippen LogP contribution in [0.25, 0.3) is 0 Å². The zero-order valence-electron chi connectivity index (χ0n) is 54.1. The molecule has 0 saturated heterocycles. The summed E-state index contributed by atoms with van der Waals surface area (Å²) in [6, 6.07) is 0. The minimum Gasteiger partial charge on any atom is -0.477 e. The summed E-state index contributed by atoms with van der Waals surface area (Å²) in [7, 11) is 5.95. The summed E-state index contributed by atoms with van der Waals surface area (Å²) in [4.78, 5) is 37.6. The number of ether oxygens (including phenoxy) is 4. The number of rotatable bonds is 61. The van der Waals surface area contributed by atoms with Gasteiger partial charge in [0.2, 0.25) is 0 Å². The number of hydrogen-bond donors (Lipinski definition) is 1. The Morgan fingerprint density at radius 1 is 0.373 bits per heavy atom. The molecule has 0 bridgehead atoms. The van der Waals surface area contributed by atoms with Crippen molar-refractivity contribution in [3.63, 3.8) is 0 Å². The first-order valence-electron chi connectivity index (χ1n) is 33.7. The van der Waals surface area contributed by atoms with E-state index in [0.717, 1.165) is 96.3 Å². The van der Waals surface area contributed by atoms with Crippen molar-refractivity contribution >= 4 is 17.9 Å². The van der Waals surface area contributed by atoms with E-state index in [2.05, 4.69) is 135 Å². The molecule has 0 aliphatic rings. The van der Waals surface area contributed by atoms with Crippen molar-refractivity contribution in [3.8, 4) is 0 Å². The van der Waals surface area contributed by atoms with Gasteiger partial charge in [-0.1, -0.05) is 289 Å². The molecule has 0 aromatic rings. The van der Waals surface area contributed by atoms with E-state index >= 15 is 0 Å². The first kappa shape index (κ1) is 78.7. The first-order chi connectivity index (χ1) is 40.6. The van der Waals surface area contributed by atoms with Crippen molar-refractivity contribution < 1.29 is 42.9 Å². The molecular weight excluding hydrogens is 1030 g/mol. The second-order valence-electron chi connectivity index (χ2n) is 23.4. The predicted octanol–water partition coefficient (Wildman–Crippen LogP) is 20.8. The summed E-state index contributed by atoms with van der Waals surface area (Å²) in [6.45, 7) is 4.73. The molecule has 9 nitrogen and oxygen atoms in total. The third-order valence-corrected chi connectivity index (χ3v) is 14.2. The lowest BCUT2D eigenvalue weighted by molar-refractivity contribution is -0.870. The van der Waals surface area contributed by atoms with Gasteiger partial charge in [0.15, 0.2) is 6.10 Å². The smallest absolute Gasteiger partial charge is 0.361 e. The van der Waals surface area contributed by atoms with E-state index in [9.17, 15) is 19.5 Å². The number of nitrogens with zero attached hydrogens (tertiary/aromatic N) is 1. The molecule has 9 heteroatoms. The summed E-state index contributed by atoms with van der Waals surface area (Å²) in [5, 5.41) is 9.73. The van der Waals surface area contributed by atoms with E-state index in [1.807, 2.05) is 21.1 Å². The van der Waals surface area contributed by atoms with Gasteiger partial charge in [-0.25, -0.2) is 4.79 Å². The van der Waals surface area contributed by atoms with Gasteiger partial charge in [-0.05, 0) is 89.9 Å². The highest BCUT2D eigenvalue weighted by Crippen LogP contribution is 2.17. The van der Waals surface area contributed by atoms with Crippen LogP contribution in [-0.2, 0) is 33.3 Å². The van der Waals surface area contributed by atoms with Crippen LogP contribution in [0.1, 0.15) is 271 Å². The lowest BCUT2D eigenvalue weighted by Gasteiger charge is -2.25. The van der Waals surface area contributed by atoms with Crippen LogP contribution < -0.4 is 0 Å². The SMILES string of the molecule is CC/C=C\C/C=C\C/C=C\C/C=C\C/C=C\C/C=C\C/C=C\C/C=C\C/C=C\C/C=C\CCCCC(=O)OC(COC(=O)CCCCCCCCCCCCCCCCCCCCCCCCCCC)COC(OCC[N+](C)(C)C)C(=O)O. The van der Waals surface area contributed by atoms with E-state index in [1.165, 1.54) is 141 Å². The van der Waals surface area contributed by atoms with Crippen LogP contribution in [0.4, 0.5) is 0 Å². The van der Waals surface area contributed by atoms with Gasteiger partial charge in [0.05, 0.1) is 34.4 Å². The zero-order chi connectivity index (χ0) is 60.5. The number of hydrogen-bond acceptors (Lipinski definition) is 7. The summed E-state index contributed by atoms with van der Waals surface area (Å²) in [6.07, 6.45) is 87.4. The van der Waals surface area contributed by atoms with Crippen LogP contribution in [0.5, 0.6) is 0 Å². The highest BCUT2D eigenvalue weighted by atomic mass is 16.7. The third-order valence-electron chi connectivity index (χ3n) is 14.2. The van der Waals surface area contributed by atoms with E-state index in [-0.39, 0.29) is 38.6 Å². The fourth-order valence-electron chi connectivity index (χ4n) is 9.10. The summed E-state index contributed by atoms with van der Waals surface area (Å²) in [5.74, 6) is -2.07. The number of esters is 2. The van der Waals surface area contributed by atoms with Crippen molar-refractivity contribution in [1.29, 1.82) is 0 Å². The molecule has 0 aliphatic heterocycles. The normalized spacial score (nSPS) is 13.5. The molecule has 2 unspecified atom stereocenters. The Morgan fingerprint density at radius 2 is 0.687 bits per heavy atom. The van der Waals surface area contributed by atoms with Crippen molar-refractivity contribution in [1.82, 2.24) is 0 Å². The molecular formula is C74H126NO8+. The number of allylic oxidation sites excluding steroid dienone is 20. The molecule has 2 atom stereocenters. The van der Waals surface area contributed by atoms with Crippen LogP contribution >= 0.6 is 0 Å². The molecule has 0 radical (unpaired) electrons. The van der Waals surface area contributed by atoms with Crippen molar-refractivity contribution in [3.05, 3.63) is 122 Å². The maximum Gasteiger partial charge on any atom is 0.361 e. The number of carboxylic acids is 1. The number of unbranched alkanes of at least 4 members (excludes halogenated alkanes) is 26. The molecule has 0 fully saturated rings. The van der Waals surface area contributed by atoms with Gasteiger partial charge in [-0.2, -0.15) is 0 Å². The van der Waals surface area contributed by atoms with Crippen molar-refractivity contribution in [2.45, 2.75) is 283 Å². The van der Waals surface area contributed by atoms with Gasteiger partial charge < -0.3 is 28.5 Å². The van der Waals surface area contributed by atoms with Gasteiger partial charge in [0.25, 0.3) is 6.29 Å². The molecule has 83 heavy (non-hydrogen) atoms. The lowest BCUT2D eigenvalue weighted by atomic mass is 10.0. The van der Waals surface area contributed by atoms with Crippen LogP contribution in [0, 0.1) is 0 Å². The van der Waals surface area contributed by atoms with Gasteiger partial charge in [-0.15, -0.1) is 0 Å². The van der Waals surface area contributed by atoms with Crippen molar-refractivity contribution in [2.75, 3.05) is 47.5 Å². The standard InChI is InChI=1S/C74H125NO8/c1-6-8-10-12-14-16-18-20-22-24-26-28-30-32-33-34-35-36-37-38-39-41-43-45-47-49-51-53-55-57-59-61-63-65-72(77)83-70(69-82-74(73(78)79)80-67-66-75(3,4)5)68-81-71(76)64-62-60-58-56-54-52-50-48-46-44-42-40-31-29-27-25-23-21-19-17-15-13-11-9-7-2/h8,10,14,16,20,22,26,28,32-33,35-36,38-39,43,45,49,51,55,57,70,74H,6-7,9,11-13,15,17-19,21,23-25,27,29-31,34,37,40-42,44,46-48,50,52-54,56,58-69H2,1-5H3/p+1/b10-8-,16-14-,22-20-,28-26-,33-32-,36-35-,39-38-,45-43-,51-49-,57-55-. The quantitative estimate of drug-likeness (QED) is 0.0211. The number of carbonyl (C=O) groups is 3. The Labute approximate surface area is 510 Å². The van der Waals surface area contributed by atoms with Crippen LogP contribution in [0.3, 0.4) is 0 Å². The second-order valence-corrected chi connectivity index (χ2v) is 23.4. The van der Waals surface area contributed by atoms with E-state index in [0.29, 0.717) is 17.4 Å². The molecule has 0 aromatic heterocycles. The largest absolute Gasteiger partial charge is 0.477 e. The highest BCUT2D eigenvalue weighted by Gasteiger charge is 2.25. The molecule has 0 amide bonds. The van der Waals surface area contributed by atoms with Gasteiger partial charge in [0, 0.05) is 12.8 Å². The molecule has 0 aromatic carbocycles. The molecule has 0 aliphatic carbocycles. The Balaban J connectivity index is 4.27. The maximum absolute atomic E-state index is 12.9.